The predicted molar refractivity (Wildman–Crippen MR) is 112 cm³/mol. The van der Waals surface area contributed by atoms with Crippen LogP contribution in [0.4, 0.5) is 5.69 Å². The van der Waals surface area contributed by atoms with Crippen molar-refractivity contribution in [1.29, 1.82) is 0 Å². The SMILES string of the molecule is CCCN1C(=O)C(=O)/C(=C(\O)c2cccc(OCC)c2)C1c1ccc(O)c([N+](=O)[O-])c1. The monoisotopic (exact) mass is 426 g/mol. The van der Waals surface area contributed by atoms with Crippen LogP contribution >= 0.6 is 0 Å². The smallest absolute Gasteiger partial charge is 0.311 e. The number of benzene rings is 2. The number of nitro groups is 1. The fraction of sp³-hybridized carbons (Fsp3) is 0.273. The van der Waals surface area contributed by atoms with Crippen molar-refractivity contribution in [3.05, 3.63) is 69.3 Å². The highest BCUT2D eigenvalue weighted by molar-refractivity contribution is 6.46. The Kier molecular flexibility index (Phi) is 6.24. The number of ketones is 1. The number of carbonyl (C=O) groups excluding carboxylic acids is 2. The van der Waals surface area contributed by atoms with Crippen molar-refractivity contribution in [3.63, 3.8) is 0 Å². The van der Waals surface area contributed by atoms with Gasteiger partial charge in [0.05, 0.1) is 23.1 Å². The lowest BCUT2D eigenvalue weighted by Crippen LogP contribution is -2.30. The summed E-state index contributed by atoms with van der Waals surface area (Å²) in [5, 5.41) is 32.1. The van der Waals surface area contributed by atoms with Gasteiger partial charge in [0, 0.05) is 18.2 Å². The molecule has 2 aromatic carbocycles. The lowest BCUT2D eigenvalue weighted by Gasteiger charge is -2.24. The predicted octanol–water partition coefficient (Wildman–Crippen LogP) is 3.53. The number of amides is 1. The fourth-order valence-corrected chi connectivity index (χ4v) is 3.61. The van der Waals surface area contributed by atoms with Gasteiger partial charge in [-0.05, 0) is 37.1 Å². The molecule has 0 bridgehead atoms. The topological polar surface area (TPSA) is 130 Å². The van der Waals surface area contributed by atoms with E-state index >= 15 is 0 Å². The maximum absolute atomic E-state index is 12.9. The molecule has 0 aliphatic carbocycles. The van der Waals surface area contributed by atoms with Gasteiger partial charge >= 0.3 is 5.69 Å². The number of hydrogen-bond donors (Lipinski definition) is 2. The molecule has 1 aliphatic heterocycles. The summed E-state index contributed by atoms with van der Waals surface area (Å²) in [7, 11) is 0. The fourth-order valence-electron chi connectivity index (χ4n) is 3.61. The summed E-state index contributed by atoms with van der Waals surface area (Å²) in [6.45, 7) is 4.24. The van der Waals surface area contributed by atoms with E-state index in [2.05, 4.69) is 0 Å². The van der Waals surface area contributed by atoms with Gasteiger partial charge in [0.15, 0.2) is 5.75 Å². The number of aromatic hydroxyl groups is 1. The van der Waals surface area contributed by atoms with Gasteiger partial charge in [-0.25, -0.2) is 0 Å². The van der Waals surface area contributed by atoms with Gasteiger partial charge in [-0.2, -0.15) is 0 Å². The van der Waals surface area contributed by atoms with Gasteiger partial charge in [0.25, 0.3) is 11.7 Å². The Morgan fingerprint density at radius 2 is 1.94 bits per heavy atom. The molecule has 9 heteroatoms. The Bertz CT molecular complexity index is 1080. The molecule has 0 radical (unpaired) electrons. The van der Waals surface area contributed by atoms with Crippen molar-refractivity contribution in [2.24, 2.45) is 0 Å². The maximum atomic E-state index is 12.9. The molecular weight excluding hydrogens is 404 g/mol. The number of ether oxygens (including phenoxy) is 1. The molecule has 31 heavy (non-hydrogen) atoms. The zero-order valence-electron chi connectivity index (χ0n) is 17.1. The quantitative estimate of drug-likeness (QED) is 0.228. The van der Waals surface area contributed by atoms with E-state index in [0.29, 0.717) is 18.8 Å². The summed E-state index contributed by atoms with van der Waals surface area (Å²) in [6, 6.07) is 9.05. The number of aliphatic hydroxyl groups is 1. The first-order valence-corrected chi connectivity index (χ1v) is 9.79. The molecule has 162 valence electrons. The number of carbonyl (C=O) groups is 2. The van der Waals surface area contributed by atoms with Crippen LogP contribution in [0.2, 0.25) is 0 Å². The molecule has 9 nitrogen and oxygen atoms in total. The Morgan fingerprint density at radius 1 is 1.19 bits per heavy atom. The largest absolute Gasteiger partial charge is 0.507 e. The van der Waals surface area contributed by atoms with E-state index in [1.54, 1.807) is 31.2 Å². The molecule has 1 aliphatic rings. The molecule has 3 rings (SSSR count). The molecule has 1 amide bonds. The average Bonchev–Trinajstić information content (AvgIpc) is 2.99. The normalized spacial score (nSPS) is 17.7. The number of phenolic OH excluding ortho intramolecular Hbond substituents is 1. The van der Waals surface area contributed by atoms with E-state index in [0.717, 1.165) is 12.1 Å². The summed E-state index contributed by atoms with van der Waals surface area (Å²) < 4.78 is 5.43. The molecular formula is C22H22N2O7. The minimum Gasteiger partial charge on any atom is -0.507 e. The lowest BCUT2D eigenvalue weighted by atomic mass is 9.94. The van der Waals surface area contributed by atoms with Crippen LogP contribution in [0.5, 0.6) is 11.5 Å². The summed E-state index contributed by atoms with van der Waals surface area (Å²) in [6.07, 6.45) is 0.531. The second-order valence-corrected chi connectivity index (χ2v) is 6.96. The highest BCUT2D eigenvalue weighted by atomic mass is 16.6. The number of nitro benzene ring substituents is 1. The second-order valence-electron chi connectivity index (χ2n) is 6.96. The number of rotatable bonds is 7. The molecule has 1 heterocycles. The third-order valence-corrected chi connectivity index (χ3v) is 4.93. The van der Waals surface area contributed by atoms with Crippen LogP contribution < -0.4 is 4.74 Å². The zero-order valence-corrected chi connectivity index (χ0v) is 17.1. The molecule has 1 unspecified atom stereocenters. The number of phenols is 1. The second kappa shape index (κ2) is 8.86. The van der Waals surface area contributed by atoms with Gasteiger partial charge in [0.1, 0.15) is 11.5 Å². The highest BCUT2D eigenvalue weighted by Gasteiger charge is 2.46. The molecule has 1 atom stereocenters. The summed E-state index contributed by atoms with van der Waals surface area (Å²) >= 11 is 0. The van der Waals surface area contributed by atoms with Crippen LogP contribution in [-0.4, -0.2) is 44.9 Å². The first-order valence-electron chi connectivity index (χ1n) is 9.79. The minimum absolute atomic E-state index is 0.174. The number of likely N-dealkylation sites (tertiary alicyclic amines) is 1. The van der Waals surface area contributed by atoms with Gasteiger partial charge < -0.3 is 19.8 Å². The number of hydrogen-bond acceptors (Lipinski definition) is 7. The maximum Gasteiger partial charge on any atom is 0.311 e. The van der Waals surface area contributed by atoms with Crippen LogP contribution in [-0.2, 0) is 9.59 Å². The van der Waals surface area contributed by atoms with Crippen molar-refractivity contribution in [2.45, 2.75) is 26.3 Å². The molecule has 2 aromatic rings. The molecule has 0 aromatic heterocycles. The van der Waals surface area contributed by atoms with E-state index in [-0.39, 0.29) is 23.2 Å². The Balaban J connectivity index is 2.21. The summed E-state index contributed by atoms with van der Waals surface area (Å²) in [5.41, 5.74) is -0.219. The number of Topliss-reactive ketones (excluding diaryl/α,β-unsaturated/α-hetero) is 1. The van der Waals surface area contributed by atoms with Crippen LogP contribution in [0.15, 0.2) is 48.0 Å². The van der Waals surface area contributed by atoms with Crippen LogP contribution in [0.25, 0.3) is 5.76 Å². The van der Waals surface area contributed by atoms with Crippen LogP contribution in [0.3, 0.4) is 0 Å². The summed E-state index contributed by atoms with van der Waals surface area (Å²) in [4.78, 5) is 37.4. The number of nitrogens with zero attached hydrogens (tertiary/aromatic N) is 2. The van der Waals surface area contributed by atoms with Gasteiger partial charge in [0.2, 0.25) is 0 Å². The Morgan fingerprint density at radius 3 is 2.58 bits per heavy atom. The molecule has 2 N–H and O–H groups in total. The first kappa shape index (κ1) is 21.8. The minimum atomic E-state index is -1.03. The van der Waals surface area contributed by atoms with Crippen molar-refractivity contribution in [3.8, 4) is 11.5 Å². The van der Waals surface area contributed by atoms with Crippen LogP contribution in [0, 0.1) is 10.1 Å². The third kappa shape index (κ3) is 4.07. The van der Waals surface area contributed by atoms with Crippen molar-refractivity contribution in [1.82, 2.24) is 4.90 Å². The average molecular weight is 426 g/mol. The zero-order chi connectivity index (χ0) is 22.7. The van der Waals surface area contributed by atoms with E-state index in [1.165, 1.54) is 11.0 Å². The lowest BCUT2D eigenvalue weighted by molar-refractivity contribution is -0.385. The molecule has 0 spiro atoms. The first-order chi connectivity index (χ1) is 14.8. The van der Waals surface area contributed by atoms with Crippen molar-refractivity contribution < 1.29 is 29.5 Å². The van der Waals surface area contributed by atoms with E-state index in [4.69, 9.17) is 4.74 Å². The third-order valence-electron chi connectivity index (χ3n) is 4.93. The van der Waals surface area contributed by atoms with E-state index < -0.39 is 39.9 Å². The van der Waals surface area contributed by atoms with Crippen LogP contribution in [0.1, 0.15) is 37.4 Å². The van der Waals surface area contributed by atoms with E-state index in [9.17, 15) is 29.9 Å². The Hall–Kier alpha value is -3.88. The van der Waals surface area contributed by atoms with Crippen molar-refractivity contribution >= 4 is 23.1 Å². The summed E-state index contributed by atoms with van der Waals surface area (Å²) in [5.74, 6) is -2.14. The van der Waals surface area contributed by atoms with E-state index in [1.807, 2.05) is 6.92 Å². The molecule has 1 saturated heterocycles. The van der Waals surface area contributed by atoms with Crippen molar-refractivity contribution in [2.75, 3.05) is 13.2 Å². The molecule has 0 saturated carbocycles. The number of aliphatic hydroxyl groups excluding tert-OH is 1. The standard InChI is InChI=1S/C22H22N2O7/c1-3-10-23-19(13-8-9-17(25)16(12-13)24(29)30)18(21(27)22(23)28)20(26)14-6-5-7-15(11-14)31-4-2/h5-9,11-12,19,25-26H,3-4,10H2,1-2H3/b20-18-. The van der Waals surface area contributed by atoms with Gasteiger partial charge in [-0.3, -0.25) is 19.7 Å². The highest BCUT2D eigenvalue weighted by Crippen LogP contribution is 2.41. The molecule has 1 fully saturated rings. The Labute approximate surface area is 178 Å². The van der Waals surface area contributed by atoms with Gasteiger partial charge in [-0.15, -0.1) is 0 Å². The van der Waals surface area contributed by atoms with Gasteiger partial charge in [-0.1, -0.05) is 25.1 Å².